The minimum Gasteiger partial charge on any atom is -0.483 e. The van der Waals surface area contributed by atoms with Gasteiger partial charge < -0.3 is 9.64 Å². The maximum absolute atomic E-state index is 13.3. The standard InChI is InChI=1S/C41H28N4O2/c46-41-43-40(25-10-2-1-3-11-25)42-37-21-18-28(24-44(37)41)29-19-20-34(39-38(29)31-15-7-9-17-36(31)47-39)45-33-16-8-6-14-30(33)32-22-26-12-4-5-13-27(26)23-35(32)45/h1-24,31-32,35-36H. The van der Waals surface area contributed by atoms with E-state index < -0.39 is 0 Å². The van der Waals surface area contributed by atoms with Gasteiger partial charge >= 0.3 is 5.69 Å². The SMILES string of the molecule is O=c1nc(-c2ccccc2)nc2ccc(-c3ccc(N4c5ccccc5C5C=c6ccccc6=CC54)c4c3C3C=CC=CC3O4)cn12. The van der Waals surface area contributed by atoms with Crippen LogP contribution in [0.3, 0.4) is 0 Å². The van der Waals surface area contributed by atoms with Crippen LogP contribution in [0.5, 0.6) is 5.75 Å². The summed E-state index contributed by atoms with van der Waals surface area (Å²) in [5.41, 5.74) is 7.66. The summed E-state index contributed by atoms with van der Waals surface area (Å²) < 4.78 is 8.40. The van der Waals surface area contributed by atoms with Crippen LogP contribution in [0.25, 0.3) is 40.3 Å². The van der Waals surface area contributed by atoms with Crippen molar-refractivity contribution in [3.63, 3.8) is 0 Å². The molecule has 224 valence electrons. The number of rotatable bonds is 3. The van der Waals surface area contributed by atoms with Gasteiger partial charge in [0.05, 0.1) is 11.7 Å². The van der Waals surface area contributed by atoms with Gasteiger partial charge in [-0.2, -0.15) is 4.98 Å². The Morgan fingerprint density at radius 3 is 2.34 bits per heavy atom. The normalized spacial score (nSPS) is 21.1. The van der Waals surface area contributed by atoms with Crippen molar-refractivity contribution >= 4 is 29.2 Å². The van der Waals surface area contributed by atoms with Crippen molar-refractivity contribution < 1.29 is 4.74 Å². The monoisotopic (exact) mass is 608 g/mol. The molecule has 0 spiro atoms. The summed E-state index contributed by atoms with van der Waals surface area (Å²) in [7, 11) is 0. The van der Waals surface area contributed by atoms with Gasteiger partial charge in [-0.1, -0.05) is 109 Å². The summed E-state index contributed by atoms with van der Waals surface area (Å²) in [6, 6.07) is 35.4. The highest BCUT2D eigenvalue weighted by Crippen LogP contribution is 2.56. The number of hydrogen-bond acceptors (Lipinski definition) is 5. The Balaban J connectivity index is 1.15. The molecule has 2 aliphatic carbocycles. The Morgan fingerprint density at radius 1 is 0.660 bits per heavy atom. The Kier molecular flexibility index (Phi) is 5.58. The molecular formula is C41H28N4O2. The highest BCUT2D eigenvalue weighted by Gasteiger charge is 2.43. The summed E-state index contributed by atoms with van der Waals surface area (Å²) in [4.78, 5) is 24.8. The molecule has 0 amide bonds. The first-order chi connectivity index (χ1) is 23.2. The van der Waals surface area contributed by atoms with E-state index in [1.54, 1.807) is 0 Å². The number of aromatic nitrogens is 3. The predicted molar refractivity (Wildman–Crippen MR) is 185 cm³/mol. The van der Waals surface area contributed by atoms with Crippen molar-refractivity contribution in [2.45, 2.75) is 24.0 Å². The predicted octanol–water partition coefficient (Wildman–Crippen LogP) is 6.27. The van der Waals surface area contributed by atoms with Crippen molar-refractivity contribution in [3.05, 3.63) is 166 Å². The average molecular weight is 609 g/mol. The second-order valence-electron chi connectivity index (χ2n) is 12.5. The third kappa shape index (κ3) is 3.94. The maximum atomic E-state index is 13.3. The number of anilines is 2. The molecule has 47 heavy (non-hydrogen) atoms. The molecule has 0 fully saturated rings. The zero-order chi connectivity index (χ0) is 31.1. The van der Waals surface area contributed by atoms with E-state index in [-0.39, 0.29) is 29.7 Å². The van der Waals surface area contributed by atoms with Gasteiger partial charge in [0.15, 0.2) is 5.82 Å². The third-order valence-corrected chi connectivity index (χ3v) is 9.93. The van der Waals surface area contributed by atoms with E-state index in [4.69, 9.17) is 9.72 Å². The van der Waals surface area contributed by atoms with E-state index >= 15 is 0 Å². The number of fused-ring (bicyclic) bond motifs is 8. The lowest BCUT2D eigenvalue weighted by Gasteiger charge is -2.30. The Morgan fingerprint density at radius 2 is 1.45 bits per heavy atom. The van der Waals surface area contributed by atoms with E-state index in [1.807, 2.05) is 48.7 Å². The highest BCUT2D eigenvalue weighted by atomic mass is 16.5. The Hall–Kier alpha value is -6.01. The lowest BCUT2D eigenvalue weighted by Crippen LogP contribution is -2.38. The second-order valence-corrected chi connectivity index (χ2v) is 12.5. The Labute approximate surface area is 270 Å². The quantitative estimate of drug-likeness (QED) is 0.237. The van der Waals surface area contributed by atoms with Gasteiger partial charge in [-0.3, -0.25) is 4.40 Å². The van der Waals surface area contributed by atoms with Crippen LogP contribution in [0, 0.1) is 0 Å². The summed E-state index contributed by atoms with van der Waals surface area (Å²) >= 11 is 0. The summed E-state index contributed by atoms with van der Waals surface area (Å²) in [6.45, 7) is 0. The van der Waals surface area contributed by atoms with Crippen molar-refractivity contribution in [3.8, 4) is 28.3 Å². The molecular weight excluding hydrogens is 580 g/mol. The summed E-state index contributed by atoms with van der Waals surface area (Å²) in [6.07, 6.45) is 15.1. The molecule has 0 N–H and O–H groups in total. The van der Waals surface area contributed by atoms with E-state index in [1.165, 1.54) is 26.1 Å². The largest absolute Gasteiger partial charge is 0.483 e. The van der Waals surface area contributed by atoms with Crippen LogP contribution in [0.15, 0.2) is 138 Å². The molecule has 4 atom stereocenters. The van der Waals surface area contributed by atoms with Crippen LogP contribution in [0.1, 0.15) is 23.0 Å². The average Bonchev–Trinajstić information content (AvgIpc) is 3.67. The van der Waals surface area contributed by atoms with Gasteiger partial charge in [-0.05, 0) is 57.5 Å². The maximum Gasteiger partial charge on any atom is 0.355 e. The fraction of sp³-hybridized carbons (Fsp3) is 0.0976. The lowest BCUT2D eigenvalue weighted by atomic mass is 9.86. The topological polar surface area (TPSA) is 59.7 Å². The van der Waals surface area contributed by atoms with Gasteiger partial charge in [0.25, 0.3) is 0 Å². The van der Waals surface area contributed by atoms with Crippen molar-refractivity contribution in [2.75, 3.05) is 4.90 Å². The number of nitrogens with zero attached hydrogens (tertiary/aromatic N) is 4. The molecule has 2 aromatic heterocycles. The molecule has 4 heterocycles. The zero-order valence-corrected chi connectivity index (χ0v) is 25.3. The number of pyridine rings is 1. The lowest BCUT2D eigenvalue weighted by molar-refractivity contribution is 0.269. The molecule has 4 aliphatic rings. The van der Waals surface area contributed by atoms with Gasteiger partial charge in [0.1, 0.15) is 17.5 Å². The fourth-order valence-corrected chi connectivity index (χ4v) is 7.81. The van der Waals surface area contributed by atoms with E-state index in [0.717, 1.165) is 33.7 Å². The third-order valence-electron chi connectivity index (χ3n) is 9.93. The van der Waals surface area contributed by atoms with Crippen molar-refractivity contribution in [1.82, 2.24) is 14.4 Å². The van der Waals surface area contributed by atoms with E-state index in [9.17, 15) is 4.79 Å². The minimum atomic E-state index is -0.359. The molecule has 0 saturated heterocycles. The molecule has 0 bridgehead atoms. The first-order valence-electron chi connectivity index (χ1n) is 16.0. The fourth-order valence-electron chi connectivity index (χ4n) is 7.81. The molecule has 0 radical (unpaired) electrons. The van der Waals surface area contributed by atoms with Crippen LogP contribution in [0.4, 0.5) is 11.4 Å². The number of para-hydroxylation sites is 1. The second kappa shape index (κ2) is 9.99. The molecule has 2 aliphatic heterocycles. The molecule has 0 saturated carbocycles. The van der Waals surface area contributed by atoms with Crippen molar-refractivity contribution in [1.29, 1.82) is 0 Å². The Bertz CT molecular complexity index is 2520. The van der Waals surface area contributed by atoms with Crippen LogP contribution in [-0.4, -0.2) is 26.5 Å². The molecule has 6 heteroatoms. The zero-order valence-electron chi connectivity index (χ0n) is 25.3. The van der Waals surface area contributed by atoms with Crippen molar-refractivity contribution in [2.24, 2.45) is 0 Å². The molecule has 6 aromatic rings. The summed E-state index contributed by atoms with van der Waals surface area (Å²) in [5, 5.41) is 2.52. The molecule has 4 aromatic carbocycles. The van der Waals surface area contributed by atoms with Gasteiger partial charge in [0.2, 0.25) is 0 Å². The van der Waals surface area contributed by atoms with Gasteiger partial charge in [-0.15, -0.1) is 0 Å². The number of hydrogen-bond donors (Lipinski definition) is 0. The molecule has 6 nitrogen and oxygen atoms in total. The number of benzene rings is 4. The van der Waals surface area contributed by atoms with Crippen LogP contribution >= 0.6 is 0 Å². The van der Waals surface area contributed by atoms with E-state index in [0.29, 0.717) is 11.5 Å². The van der Waals surface area contributed by atoms with Crippen LogP contribution in [-0.2, 0) is 0 Å². The smallest absolute Gasteiger partial charge is 0.355 e. The number of ether oxygens (including phenoxy) is 1. The van der Waals surface area contributed by atoms with Gasteiger partial charge in [-0.25, -0.2) is 9.78 Å². The van der Waals surface area contributed by atoms with E-state index in [2.05, 4.69) is 107 Å². The van der Waals surface area contributed by atoms with Crippen LogP contribution in [0.2, 0.25) is 0 Å². The summed E-state index contributed by atoms with van der Waals surface area (Å²) in [5.74, 6) is 1.59. The number of allylic oxidation sites excluding steroid dienone is 2. The molecule has 10 rings (SSSR count). The van der Waals surface area contributed by atoms with Gasteiger partial charge in [0, 0.05) is 34.8 Å². The first kappa shape index (κ1) is 26.2. The minimum absolute atomic E-state index is 0.0466. The molecule has 4 unspecified atom stereocenters. The highest BCUT2D eigenvalue weighted by molar-refractivity contribution is 5.87. The van der Waals surface area contributed by atoms with Crippen LogP contribution < -0.4 is 25.8 Å². The first-order valence-corrected chi connectivity index (χ1v) is 16.0.